The van der Waals surface area contributed by atoms with Crippen molar-refractivity contribution < 1.29 is 28.0 Å². The number of carbonyl (C=O) groups is 3. The molecule has 2 N–H and O–H groups in total. The number of nitrogens with one attached hydrogen (secondary N) is 2. The summed E-state index contributed by atoms with van der Waals surface area (Å²) in [4.78, 5) is 42.5. The third kappa shape index (κ3) is 3.71. The first-order valence-electron chi connectivity index (χ1n) is 11.9. The Hall–Kier alpha value is -3.53. The number of nitrogens with zero attached hydrogens (tertiary/aromatic N) is 2. The summed E-state index contributed by atoms with van der Waals surface area (Å²) in [5.41, 5.74) is -2.83. The van der Waals surface area contributed by atoms with Crippen molar-refractivity contribution in [2.45, 2.75) is 63.9 Å². The maximum absolute atomic E-state index is 14.6. The Morgan fingerprint density at radius 1 is 1.19 bits per heavy atom. The molecule has 5 atom stereocenters. The Morgan fingerprint density at radius 3 is 2.56 bits per heavy atom. The molecular formula is C26H29FN4O5. The molecule has 0 aliphatic carbocycles. The van der Waals surface area contributed by atoms with E-state index in [1.54, 1.807) is 50.3 Å². The van der Waals surface area contributed by atoms with Crippen molar-refractivity contribution in [3.63, 3.8) is 0 Å². The third-order valence-electron chi connectivity index (χ3n) is 7.00. The molecule has 5 unspecified atom stereocenters. The van der Waals surface area contributed by atoms with Crippen LogP contribution >= 0.6 is 0 Å². The molecule has 3 aliphatic rings. The van der Waals surface area contributed by atoms with Crippen LogP contribution in [0.25, 0.3) is 0 Å². The Kier molecular flexibility index (Phi) is 5.37. The maximum atomic E-state index is 14.6. The summed E-state index contributed by atoms with van der Waals surface area (Å²) < 4.78 is 26.1. The van der Waals surface area contributed by atoms with Crippen LogP contribution < -0.4 is 10.6 Å². The van der Waals surface area contributed by atoms with Crippen molar-refractivity contribution in [3.8, 4) is 0 Å². The second kappa shape index (κ2) is 7.99. The van der Waals surface area contributed by atoms with Gasteiger partial charge in [-0.15, -0.1) is 0 Å². The Bertz CT molecular complexity index is 1280. The molecule has 3 amide bonds. The minimum Gasteiger partial charge on any atom is -0.360 e. The quantitative estimate of drug-likeness (QED) is 0.616. The third-order valence-corrected chi connectivity index (χ3v) is 7.00. The van der Waals surface area contributed by atoms with Crippen molar-refractivity contribution in [2.75, 3.05) is 5.32 Å². The fourth-order valence-electron chi connectivity index (χ4n) is 5.68. The van der Waals surface area contributed by atoms with Crippen LogP contribution in [0.4, 0.5) is 10.2 Å². The number of benzene rings is 1. The minimum absolute atomic E-state index is 0.142. The summed E-state index contributed by atoms with van der Waals surface area (Å²) in [5.74, 6) is -3.03. The molecule has 1 spiro atoms. The van der Waals surface area contributed by atoms with Gasteiger partial charge in [-0.1, -0.05) is 35.5 Å². The molecule has 190 valence electrons. The van der Waals surface area contributed by atoms with Crippen LogP contribution in [0.3, 0.4) is 0 Å². The SMILES string of the molecule is Cc1cc(NC(=O)C2C3C(=O)N(Cc4ccccc4F)C(C(=O)NC(C)(C)C)C34C=CC2(C)O4)no1. The second-order valence-corrected chi connectivity index (χ2v) is 10.9. The minimum atomic E-state index is -1.38. The van der Waals surface area contributed by atoms with Gasteiger partial charge in [-0.25, -0.2) is 4.39 Å². The van der Waals surface area contributed by atoms with Gasteiger partial charge in [0.2, 0.25) is 17.7 Å². The first-order valence-corrected chi connectivity index (χ1v) is 11.9. The number of fused-ring (bicyclic) bond motifs is 1. The van der Waals surface area contributed by atoms with Crippen LogP contribution in [-0.4, -0.2) is 50.6 Å². The van der Waals surface area contributed by atoms with E-state index in [0.717, 1.165) is 0 Å². The largest absolute Gasteiger partial charge is 0.360 e. The first kappa shape index (κ1) is 24.2. The van der Waals surface area contributed by atoms with Crippen LogP contribution in [-0.2, 0) is 25.7 Å². The monoisotopic (exact) mass is 496 g/mol. The number of ether oxygens (including phenoxy) is 1. The van der Waals surface area contributed by atoms with Crippen molar-refractivity contribution in [1.82, 2.24) is 15.4 Å². The van der Waals surface area contributed by atoms with E-state index >= 15 is 0 Å². The molecule has 1 aromatic heterocycles. The highest BCUT2D eigenvalue weighted by molar-refractivity contribution is 6.03. The number of carbonyl (C=O) groups excluding carboxylic acids is 3. The van der Waals surface area contributed by atoms with E-state index in [4.69, 9.17) is 9.26 Å². The van der Waals surface area contributed by atoms with Crippen molar-refractivity contribution in [2.24, 2.45) is 11.8 Å². The molecule has 4 heterocycles. The van der Waals surface area contributed by atoms with Crippen LogP contribution in [0.5, 0.6) is 0 Å². The van der Waals surface area contributed by atoms with Gasteiger partial charge in [0.25, 0.3) is 0 Å². The predicted molar refractivity (Wildman–Crippen MR) is 127 cm³/mol. The molecule has 2 bridgehead atoms. The smallest absolute Gasteiger partial charge is 0.246 e. The predicted octanol–water partition coefficient (Wildman–Crippen LogP) is 2.72. The number of halogens is 1. The molecule has 2 saturated heterocycles. The lowest BCUT2D eigenvalue weighted by Gasteiger charge is -2.35. The Morgan fingerprint density at radius 2 is 1.92 bits per heavy atom. The summed E-state index contributed by atoms with van der Waals surface area (Å²) in [5, 5.41) is 9.46. The molecular weight excluding hydrogens is 467 g/mol. The average molecular weight is 497 g/mol. The molecule has 3 aliphatic heterocycles. The lowest BCUT2D eigenvalue weighted by Crippen LogP contribution is -2.57. The molecule has 10 heteroatoms. The van der Waals surface area contributed by atoms with E-state index < -0.39 is 58.2 Å². The van der Waals surface area contributed by atoms with Gasteiger partial charge in [0.15, 0.2) is 5.82 Å². The zero-order chi connectivity index (χ0) is 26.0. The van der Waals surface area contributed by atoms with Crippen molar-refractivity contribution in [1.29, 1.82) is 0 Å². The normalized spacial score (nSPS) is 30.6. The van der Waals surface area contributed by atoms with Gasteiger partial charge >= 0.3 is 0 Å². The Labute approximate surface area is 208 Å². The summed E-state index contributed by atoms with van der Waals surface area (Å²) in [6.07, 6.45) is 3.45. The number of hydrogen-bond donors (Lipinski definition) is 2. The molecule has 1 aromatic carbocycles. The number of aromatic nitrogens is 1. The van der Waals surface area contributed by atoms with Gasteiger partial charge in [0.05, 0.1) is 17.4 Å². The van der Waals surface area contributed by atoms with Crippen molar-refractivity contribution >= 4 is 23.5 Å². The summed E-state index contributed by atoms with van der Waals surface area (Å²) in [7, 11) is 0. The van der Waals surface area contributed by atoms with E-state index in [9.17, 15) is 18.8 Å². The Balaban J connectivity index is 1.56. The fourth-order valence-corrected chi connectivity index (χ4v) is 5.68. The first-order chi connectivity index (χ1) is 16.8. The number of amides is 3. The fraction of sp³-hybridized carbons (Fsp3) is 0.462. The zero-order valence-corrected chi connectivity index (χ0v) is 20.8. The molecule has 9 nitrogen and oxygen atoms in total. The van der Waals surface area contributed by atoms with Crippen LogP contribution in [0.2, 0.25) is 0 Å². The molecule has 0 saturated carbocycles. The number of likely N-dealkylation sites (tertiary alicyclic amines) is 1. The molecule has 2 aromatic rings. The van der Waals surface area contributed by atoms with Gasteiger partial charge in [0, 0.05) is 23.7 Å². The highest BCUT2D eigenvalue weighted by atomic mass is 19.1. The van der Waals surface area contributed by atoms with E-state index in [1.165, 1.54) is 11.0 Å². The van der Waals surface area contributed by atoms with Gasteiger partial charge in [-0.3, -0.25) is 14.4 Å². The number of aryl methyl sites for hydroxylation is 1. The number of anilines is 1. The van der Waals surface area contributed by atoms with E-state index in [0.29, 0.717) is 5.76 Å². The molecule has 0 radical (unpaired) electrons. The molecule has 5 rings (SSSR count). The summed E-state index contributed by atoms with van der Waals surface area (Å²) >= 11 is 0. The van der Waals surface area contributed by atoms with Gasteiger partial charge < -0.3 is 24.8 Å². The standard InChI is InChI=1S/C26H29FN4O5/c1-14-12-17(30-35-14)28-21(32)18-19-23(34)31(13-15-8-6-7-9-16(15)27)20(22(33)29-24(2,3)4)26(19)11-10-25(18,5)36-26/h6-12,18-20H,13H2,1-5H3,(H,29,33)(H,28,30,32). The van der Waals surface area contributed by atoms with Crippen LogP contribution in [0, 0.1) is 24.6 Å². The van der Waals surface area contributed by atoms with Crippen molar-refractivity contribution in [3.05, 3.63) is 59.6 Å². The van der Waals surface area contributed by atoms with E-state index in [-0.39, 0.29) is 17.9 Å². The topological polar surface area (TPSA) is 114 Å². The summed E-state index contributed by atoms with van der Waals surface area (Å²) in [6.45, 7) is 8.77. The van der Waals surface area contributed by atoms with E-state index in [2.05, 4.69) is 15.8 Å². The maximum Gasteiger partial charge on any atom is 0.246 e. The molecule has 36 heavy (non-hydrogen) atoms. The highest BCUT2D eigenvalue weighted by Gasteiger charge is 2.76. The van der Waals surface area contributed by atoms with Crippen LogP contribution in [0.15, 0.2) is 47.0 Å². The highest BCUT2D eigenvalue weighted by Crippen LogP contribution is 2.60. The lowest BCUT2D eigenvalue weighted by atomic mass is 9.70. The second-order valence-electron chi connectivity index (χ2n) is 10.9. The van der Waals surface area contributed by atoms with Gasteiger partial charge in [-0.2, -0.15) is 0 Å². The summed E-state index contributed by atoms with van der Waals surface area (Å²) in [6, 6.07) is 6.57. The lowest BCUT2D eigenvalue weighted by molar-refractivity contribution is -0.145. The number of rotatable bonds is 5. The zero-order valence-electron chi connectivity index (χ0n) is 20.8. The number of hydrogen-bond acceptors (Lipinski definition) is 6. The average Bonchev–Trinajstić information content (AvgIpc) is 3.46. The van der Waals surface area contributed by atoms with Gasteiger partial charge in [0.1, 0.15) is 23.2 Å². The van der Waals surface area contributed by atoms with E-state index in [1.807, 2.05) is 20.8 Å². The molecule has 2 fully saturated rings. The van der Waals surface area contributed by atoms with Crippen LogP contribution in [0.1, 0.15) is 39.0 Å². The van der Waals surface area contributed by atoms with Gasteiger partial charge in [-0.05, 0) is 40.7 Å².